The molecule has 0 aromatic heterocycles. The molecule has 1 N–H and O–H groups in total. The van der Waals surface area contributed by atoms with Gasteiger partial charge in [0.15, 0.2) is 0 Å². The molecule has 0 bridgehead atoms. The minimum absolute atomic E-state index is 0.429. The van der Waals surface area contributed by atoms with Gasteiger partial charge in [-0.15, -0.1) is 0 Å². The molecule has 3 heteroatoms. The van der Waals surface area contributed by atoms with Crippen molar-refractivity contribution in [2.75, 3.05) is 11.9 Å². The number of benzene rings is 1. The van der Waals surface area contributed by atoms with E-state index in [1.54, 1.807) is 0 Å². The Kier molecular flexibility index (Phi) is 4.46. The summed E-state index contributed by atoms with van der Waals surface area (Å²) in [5.41, 5.74) is 2.49. The summed E-state index contributed by atoms with van der Waals surface area (Å²) in [7, 11) is 0. The van der Waals surface area contributed by atoms with Gasteiger partial charge in [0.1, 0.15) is 0 Å². The maximum atomic E-state index is 5.69. The van der Waals surface area contributed by atoms with E-state index in [9.17, 15) is 0 Å². The Morgan fingerprint density at radius 2 is 2.29 bits per heavy atom. The number of aryl methyl sites for hydroxylation is 1. The molecule has 1 heterocycles. The number of hydrogen-bond acceptors (Lipinski definition) is 2. The zero-order valence-electron chi connectivity index (χ0n) is 10.5. The van der Waals surface area contributed by atoms with Gasteiger partial charge >= 0.3 is 0 Å². The van der Waals surface area contributed by atoms with Crippen molar-refractivity contribution < 1.29 is 4.74 Å². The molecule has 0 radical (unpaired) electrons. The molecule has 1 aromatic rings. The molecule has 1 aliphatic rings. The van der Waals surface area contributed by atoms with Crippen LogP contribution in [0.4, 0.5) is 5.69 Å². The zero-order chi connectivity index (χ0) is 12.3. The molecule has 0 saturated carbocycles. The molecule has 1 aromatic carbocycles. The molecule has 2 nitrogen and oxygen atoms in total. The van der Waals surface area contributed by atoms with E-state index in [1.165, 1.54) is 15.7 Å². The summed E-state index contributed by atoms with van der Waals surface area (Å²) < 4.78 is 6.86. The fraction of sp³-hybridized carbons (Fsp3) is 0.571. The summed E-state index contributed by atoms with van der Waals surface area (Å²) >= 11 is 3.53. The minimum atomic E-state index is 0.429. The van der Waals surface area contributed by atoms with Crippen molar-refractivity contribution in [3.63, 3.8) is 0 Å². The first kappa shape index (κ1) is 12.9. The number of ether oxygens (including phenoxy) is 1. The van der Waals surface area contributed by atoms with Crippen LogP contribution in [0.25, 0.3) is 0 Å². The minimum Gasteiger partial charge on any atom is -0.382 e. The van der Waals surface area contributed by atoms with Crippen molar-refractivity contribution in [3.8, 4) is 0 Å². The van der Waals surface area contributed by atoms with E-state index in [0.29, 0.717) is 12.1 Å². The summed E-state index contributed by atoms with van der Waals surface area (Å²) in [5, 5.41) is 3.61. The normalized spacial score (nSPS) is 24.6. The smallest absolute Gasteiger partial charge is 0.0592 e. The zero-order valence-corrected chi connectivity index (χ0v) is 12.1. The van der Waals surface area contributed by atoms with E-state index < -0.39 is 0 Å². The summed E-state index contributed by atoms with van der Waals surface area (Å²) in [4.78, 5) is 0. The standard InChI is InChI=1S/C14H20BrNO/c1-3-13-9-12(6-7-17-13)16-11-4-5-14(15)10(2)8-11/h4-5,8,12-13,16H,3,6-7,9H2,1-2H3. The van der Waals surface area contributed by atoms with Gasteiger partial charge in [-0.3, -0.25) is 0 Å². The second-order valence-electron chi connectivity index (χ2n) is 4.73. The largest absolute Gasteiger partial charge is 0.382 e. The van der Waals surface area contributed by atoms with E-state index in [2.05, 4.69) is 53.3 Å². The average Bonchev–Trinajstić information content (AvgIpc) is 2.34. The molecule has 0 spiro atoms. The molecule has 1 aliphatic heterocycles. The topological polar surface area (TPSA) is 21.3 Å². The number of halogens is 1. The van der Waals surface area contributed by atoms with E-state index in [1.807, 2.05) is 0 Å². The van der Waals surface area contributed by atoms with Crippen molar-refractivity contribution in [2.45, 2.75) is 45.3 Å². The molecule has 0 amide bonds. The van der Waals surface area contributed by atoms with Crippen molar-refractivity contribution in [3.05, 3.63) is 28.2 Å². The number of nitrogens with one attached hydrogen (secondary N) is 1. The number of anilines is 1. The van der Waals surface area contributed by atoms with Crippen LogP contribution in [0.2, 0.25) is 0 Å². The monoisotopic (exact) mass is 297 g/mol. The Morgan fingerprint density at radius 1 is 1.47 bits per heavy atom. The van der Waals surface area contributed by atoms with Crippen LogP contribution in [0.5, 0.6) is 0 Å². The van der Waals surface area contributed by atoms with E-state index >= 15 is 0 Å². The quantitative estimate of drug-likeness (QED) is 0.906. The predicted molar refractivity (Wildman–Crippen MR) is 75.6 cm³/mol. The first-order valence-electron chi connectivity index (χ1n) is 6.33. The Balaban J connectivity index is 1.97. The Morgan fingerprint density at radius 3 is 3.00 bits per heavy atom. The highest BCUT2D eigenvalue weighted by molar-refractivity contribution is 9.10. The molecule has 2 rings (SSSR count). The van der Waals surface area contributed by atoms with Gasteiger partial charge < -0.3 is 10.1 Å². The van der Waals surface area contributed by atoms with Gasteiger partial charge in [0.2, 0.25) is 0 Å². The van der Waals surface area contributed by atoms with E-state index in [-0.39, 0.29) is 0 Å². The molecule has 2 atom stereocenters. The highest BCUT2D eigenvalue weighted by Gasteiger charge is 2.20. The molecule has 2 unspecified atom stereocenters. The van der Waals surface area contributed by atoms with Crippen molar-refractivity contribution in [1.82, 2.24) is 0 Å². The van der Waals surface area contributed by atoms with E-state index in [4.69, 9.17) is 4.74 Å². The molecule has 1 saturated heterocycles. The highest BCUT2D eigenvalue weighted by Crippen LogP contribution is 2.24. The highest BCUT2D eigenvalue weighted by atomic mass is 79.9. The summed E-state index contributed by atoms with van der Waals surface area (Å²) in [6.45, 7) is 5.19. The van der Waals surface area contributed by atoms with Gasteiger partial charge in [0, 0.05) is 22.8 Å². The second kappa shape index (κ2) is 5.87. The first-order chi connectivity index (χ1) is 8.19. The Hall–Kier alpha value is -0.540. The van der Waals surface area contributed by atoms with E-state index in [0.717, 1.165) is 25.9 Å². The van der Waals surface area contributed by atoms with Crippen molar-refractivity contribution >= 4 is 21.6 Å². The summed E-state index contributed by atoms with van der Waals surface area (Å²) in [6, 6.07) is 6.98. The molecular weight excluding hydrogens is 278 g/mol. The van der Waals surface area contributed by atoms with Crippen LogP contribution in [0, 0.1) is 6.92 Å². The second-order valence-corrected chi connectivity index (χ2v) is 5.58. The Labute approximate surface area is 112 Å². The van der Waals surface area contributed by atoms with Gasteiger partial charge in [-0.25, -0.2) is 0 Å². The lowest BCUT2D eigenvalue weighted by molar-refractivity contribution is 0.00926. The SMILES string of the molecule is CCC1CC(Nc2ccc(Br)c(C)c2)CCO1. The Bertz CT molecular complexity index is 380. The summed E-state index contributed by atoms with van der Waals surface area (Å²) in [5.74, 6) is 0. The van der Waals surface area contributed by atoms with Crippen LogP contribution in [-0.4, -0.2) is 18.8 Å². The van der Waals surface area contributed by atoms with Gasteiger partial charge in [0.05, 0.1) is 6.10 Å². The third-order valence-corrected chi connectivity index (χ3v) is 4.24. The van der Waals surface area contributed by atoms with Gasteiger partial charge in [0.25, 0.3) is 0 Å². The fourth-order valence-electron chi connectivity index (χ4n) is 2.27. The van der Waals surface area contributed by atoms with Crippen LogP contribution in [-0.2, 0) is 4.74 Å². The van der Waals surface area contributed by atoms with Crippen molar-refractivity contribution in [2.24, 2.45) is 0 Å². The van der Waals surface area contributed by atoms with Gasteiger partial charge in [-0.05, 0) is 49.9 Å². The fourth-order valence-corrected chi connectivity index (χ4v) is 2.51. The van der Waals surface area contributed by atoms with Gasteiger partial charge in [-0.2, -0.15) is 0 Å². The molecule has 17 heavy (non-hydrogen) atoms. The van der Waals surface area contributed by atoms with Crippen LogP contribution < -0.4 is 5.32 Å². The lowest BCUT2D eigenvalue weighted by Gasteiger charge is -2.30. The molecule has 0 aliphatic carbocycles. The molecular formula is C14H20BrNO. The van der Waals surface area contributed by atoms with Crippen LogP contribution >= 0.6 is 15.9 Å². The van der Waals surface area contributed by atoms with Gasteiger partial charge in [-0.1, -0.05) is 22.9 Å². The van der Waals surface area contributed by atoms with Crippen LogP contribution in [0.3, 0.4) is 0 Å². The number of rotatable bonds is 3. The lowest BCUT2D eigenvalue weighted by Crippen LogP contribution is -2.33. The predicted octanol–water partition coefficient (Wildman–Crippen LogP) is 4.13. The van der Waals surface area contributed by atoms with Crippen LogP contribution in [0.1, 0.15) is 31.7 Å². The number of hydrogen-bond donors (Lipinski definition) is 1. The maximum absolute atomic E-state index is 5.69. The first-order valence-corrected chi connectivity index (χ1v) is 7.12. The third-order valence-electron chi connectivity index (χ3n) is 3.35. The maximum Gasteiger partial charge on any atom is 0.0592 e. The molecule has 94 valence electrons. The summed E-state index contributed by atoms with van der Waals surface area (Å²) in [6.07, 6.45) is 3.76. The molecule has 1 fully saturated rings. The average molecular weight is 298 g/mol. The lowest BCUT2D eigenvalue weighted by atomic mass is 10.0. The third kappa shape index (κ3) is 3.46. The van der Waals surface area contributed by atoms with Crippen molar-refractivity contribution in [1.29, 1.82) is 0 Å². The van der Waals surface area contributed by atoms with Crippen LogP contribution in [0.15, 0.2) is 22.7 Å².